The van der Waals surface area contributed by atoms with E-state index in [0.717, 1.165) is 16.1 Å². The molecule has 1 rings (SSSR count). The second-order valence-corrected chi connectivity index (χ2v) is 3.34. The Hall–Kier alpha value is -1.06. The summed E-state index contributed by atoms with van der Waals surface area (Å²) in [5.74, 6) is 6.05. The van der Waals surface area contributed by atoms with Gasteiger partial charge < -0.3 is 5.43 Å². The molecule has 3 nitrogen and oxygen atoms in total. The van der Waals surface area contributed by atoms with Crippen LogP contribution in [0.3, 0.4) is 0 Å². The van der Waals surface area contributed by atoms with Crippen LogP contribution < -0.4 is 11.3 Å². The van der Waals surface area contributed by atoms with E-state index in [4.69, 9.17) is 17.4 Å². The Morgan fingerprint density at radius 3 is 2.79 bits per heavy atom. The second kappa shape index (κ2) is 4.98. The molecule has 0 spiro atoms. The minimum atomic E-state index is 0.687. The van der Waals surface area contributed by atoms with E-state index in [2.05, 4.69) is 10.4 Å². The maximum atomic E-state index is 5.91. The highest BCUT2D eigenvalue weighted by molar-refractivity contribution is 6.31. The topological polar surface area (TPSA) is 50.4 Å². The molecular formula is C10H14ClN3. The molecule has 0 atom stereocenters. The molecule has 0 aliphatic carbocycles. The third-order valence-electron chi connectivity index (χ3n) is 1.88. The van der Waals surface area contributed by atoms with E-state index in [1.165, 1.54) is 0 Å². The molecular weight excluding hydrogens is 198 g/mol. The van der Waals surface area contributed by atoms with Crippen molar-refractivity contribution >= 4 is 17.4 Å². The van der Waals surface area contributed by atoms with Gasteiger partial charge in [-0.25, -0.2) is 5.84 Å². The number of aryl methyl sites for hydroxylation is 1. The van der Waals surface area contributed by atoms with E-state index in [9.17, 15) is 0 Å². The number of aliphatic imine (C=N–C) groups is 1. The average molecular weight is 212 g/mol. The highest BCUT2D eigenvalue weighted by Crippen LogP contribution is 2.16. The SMILES string of the molecule is CCN=C(NN)c1ccc(Cl)c(C)c1. The molecule has 14 heavy (non-hydrogen) atoms. The van der Waals surface area contributed by atoms with Crippen molar-refractivity contribution < 1.29 is 0 Å². The summed E-state index contributed by atoms with van der Waals surface area (Å²) in [5.41, 5.74) is 4.54. The molecule has 3 N–H and O–H groups in total. The van der Waals surface area contributed by atoms with Crippen LogP contribution >= 0.6 is 11.6 Å². The van der Waals surface area contributed by atoms with Crippen molar-refractivity contribution in [2.45, 2.75) is 13.8 Å². The Morgan fingerprint density at radius 2 is 2.29 bits per heavy atom. The molecule has 4 heteroatoms. The van der Waals surface area contributed by atoms with Crippen LogP contribution in [0.1, 0.15) is 18.1 Å². The summed E-state index contributed by atoms with van der Waals surface area (Å²) >= 11 is 5.91. The van der Waals surface area contributed by atoms with Crippen molar-refractivity contribution in [3.05, 3.63) is 34.3 Å². The maximum Gasteiger partial charge on any atom is 0.142 e. The number of nitrogens with one attached hydrogen (secondary N) is 1. The molecule has 0 saturated heterocycles. The number of hydrazine groups is 1. The minimum Gasteiger partial charge on any atom is -0.308 e. The molecule has 0 fully saturated rings. The first kappa shape index (κ1) is 11.0. The van der Waals surface area contributed by atoms with Gasteiger partial charge in [-0.2, -0.15) is 0 Å². The molecule has 0 amide bonds. The van der Waals surface area contributed by atoms with Crippen molar-refractivity contribution in [2.24, 2.45) is 10.8 Å². The molecule has 76 valence electrons. The summed E-state index contributed by atoms with van der Waals surface area (Å²) in [7, 11) is 0. The summed E-state index contributed by atoms with van der Waals surface area (Å²) in [6.45, 7) is 4.60. The molecule has 0 aromatic heterocycles. The summed E-state index contributed by atoms with van der Waals surface area (Å²) < 4.78 is 0. The summed E-state index contributed by atoms with van der Waals surface area (Å²) in [6, 6.07) is 5.69. The summed E-state index contributed by atoms with van der Waals surface area (Å²) in [4.78, 5) is 4.22. The monoisotopic (exact) mass is 211 g/mol. The van der Waals surface area contributed by atoms with Gasteiger partial charge >= 0.3 is 0 Å². The van der Waals surface area contributed by atoms with Gasteiger partial charge in [-0.1, -0.05) is 11.6 Å². The van der Waals surface area contributed by atoms with Gasteiger partial charge in [0.15, 0.2) is 0 Å². The van der Waals surface area contributed by atoms with Crippen LogP contribution in [0.25, 0.3) is 0 Å². The van der Waals surface area contributed by atoms with Crippen molar-refractivity contribution in [1.82, 2.24) is 5.43 Å². The fraction of sp³-hybridized carbons (Fsp3) is 0.300. The number of rotatable bonds is 2. The highest BCUT2D eigenvalue weighted by Gasteiger charge is 2.02. The Labute approximate surface area is 88.9 Å². The third kappa shape index (κ3) is 2.47. The van der Waals surface area contributed by atoms with Gasteiger partial charge in [-0.05, 0) is 37.6 Å². The Bertz CT molecular complexity index is 347. The molecule has 1 aromatic rings. The van der Waals surface area contributed by atoms with Gasteiger partial charge in [0.2, 0.25) is 0 Å². The van der Waals surface area contributed by atoms with Crippen LogP contribution in [-0.4, -0.2) is 12.4 Å². The van der Waals surface area contributed by atoms with E-state index in [0.29, 0.717) is 12.4 Å². The number of nitrogens with zero attached hydrogens (tertiary/aromatic N) is 1. The molecule has 0 saturated carbocycles. The van der Waals surface area contributed by atoms with Gasteiger partial charge in [0.1, 0.15) is 5.84 Å². The van der Waals surface area contributed by atoms with Gasteiger partial charge in [0.05, 0.1) is 0 Å². The molecule has 0 unspecified atom stereocenters. The van der Waals surface area contributed by atoms with Gasteiger partial charge in [-0.15, -0.1) is 0 Å². The molecule has 0 heterocycles. The van der Waals surface area contributed by atoms with E-state index in [-0.39, 0.29) is 0 Å². The van der Waals surface area contributed by atoms with Gasteiger partial charge in [0, 0.05) is 17.1 Å². The number of amidine groups is 1. The quantitative estimate of drug-likeness (QED) is 0.340. The minimum absolute atomic E-state index is 0.687. The molecule has 0 aliphatic heterocycles. The zero-order valence-electron chi connectivity index (χ0n) is 8.34. The average Bonchev–Trinajstić information content (AvgIpc) is 2.19. The van der Waals surface area contributed by atoms with Crippen LogP contribution in [0.5, 0.6) is 0 Å². The lowest BCUT2D eigenvalue weighted by Gasteiger charge is -2.06. The normalized spacial score (nSPS) is 11.6. The first-order valence-corrected chi connectivity index (χ1v) is 4.84. The Kier molecular flexibility index (Phi) is 3.92. The number of hydrogen-bond donors (Lipinski definition) is 2. The smallest absolute Gasteiger partial charge is 0.142 e. The predicted octanol–water partition coefficient (Wildman–Crippen LogP) is 1.88. The van der Waals surface area contributed by atoms with Crippen molar-refractivity contribution in [1.29, 1.82) is 0 Å². The number of nitrogens with two attached hydrogens (primary N) is 1. The van der Waals surface area contributed by atoms with Gasteiger partial charge in [-0.3, -0.25) is 4.99 Å². The lowest BCUT2D eigenvalue weighted by atomic mass is 10.1. The zero-order valence-corrected chi connectivity index (χ0v) is 9.10. The zero-order chi connectivity index (χ0) is 10.6. The molecule has 1 aromatic carbocycles. The lowest BCUT2D eigenvalue weighted by molar-refractivity contribution is 0.991. The number of halogens is 1. The van der Waals surface area contributed by atoms with Crippen LogP contribution in [0.15, 0.2) is 23.2 Å². The van der Waals surface area contributed by atoms with Crippen molar-refractivity contribution in [3.8, 4) is 0 Å². The number of benzene rings is 1. The Morgan fingerprint density at radius 1 is 1.57 bits per heavy atom. The van der Waals surface area contributed by atoms with Crippen LogP contribution in [0.4, 0.5) is 0 Å². The molecule has 0 bridgehead atoms. The standard InChI is InChI=1S/C10H14ClN3/c1-3-13-10(14-12)8-4-5-9(11)7(2)6-8/h4-6H,3,12H2,1-2H3,(H,13,14). The summed E-state index contributed by atoms with van der Waals surface area (Å²) in [6.07, 6.45) is 0. The molecule has 0 aliphatic rings. The first-order valence-electron chi connectivity index (χ1n) is 4.46. The highest BCUT2D eigenvalue weighted by atomic mass is 35.5. The van der Waals surface area contributed by atoms with Gasteiger partial charge in [0.25, 0.3) is 0 Å². The van der Waals surface area contributed by atoms with E-state index in [1.54, 1.807) is 0 Å². The van der Waals surface area contributed by atoms with Crippen molar-refractivity contribution in [3.63, 3.8) is 0 Å². The predicted molar refractivity (Wildman–Crippen MR) is 60.6 cm³/mol. The van der Waals surface area contributed by atoms with Crippen molar-refractivity contribution in [2.75, 3.05) is 6.54 Å². The van der Waals surface area contributed by atoms with E-state index in [1.807, 2.05) is 32.0 Å². The molecule has 0 radical (unpaired) electrons. The van der Waals surface area contributed by atoms with Crippen LogP contribution in [0.2, 0.25) is 5.02 Å². The summed E-state index contributed by atoms with van der Waals surface area (Å²) in [5, 5.41) is 0.751. The maximum absolute atomic E-state index is 5.91. The Balaban J connectivity index is 3.06. The fourth-order valence-corrected chi connectivity index (χ4v) is 1.29. The fourth-order valence-electron chi connectivity index (χ4n) is 1.17. The van der Waals surface area contributed by atoms with Crippen LogP contribution in [0, 0.1) is 6.92 Å². The van der Waals surface area contributed by atoms with E-state index < -0.39 is 0 Å². The van der Waals surface area contributed by atoms with Crippen LogP contribution in [-0.2, 0) is 0 Å². The second-order valence-electron chi connectivity index (χ2n) is 2.93. The lowest BCUT2D eigenvalue weighted by Crippen LogP contribution is -2.31. The third-order valence-corrected chi connectivity index (χ3v) is 2.31. The number of hydrogen-bond acceptors (Lipinski definition) is 2. The largest absolute Gasteiger partial charge is 0.308 e. The van der Waals surface area contributed by atoms with E-state index >= 15 is 0 Å². The first-order chi connectivity index (χ1) is 6.69.